The zero-order valence-electron chi connectivity index (χ0n) is 11.0. The van der Waals surface area contributed by atoms with E-state index in [9.17, 15) is 14.0 Å². The van der Waals surface area contributed by atoms with Gasteiger partial charge in [-0.3, -0.25) is 4.79 Å². The largest absolute Gasteiger partial charge is 0.478 e. The molecule has 4 nitrogen and oxygen atoms in total. The lowest BCUT2D eigenvalue weighted by molar-refractivity contribution is 0.0697. The van der Waals surface area contributed by atoms with E-state index in [1.165, 1.54) is 31.3 Å². The number of carbonyl (C=O) groups excluding carboxylic acids is 1. The Morgan fingerprint density at radius 2 is 1.86 bits per heavy atom. The van der Waals surface area contributed by atoms with E-state index in [1.54, 1.807) is 12.1 Å². The Hall–Kier alpha value is -2.40. The summed E-state index contributed by atoms with van der Waals surface area (Å²) in [5, 5.41) is 9.05. The highest BCUT2D eigenvalue weighted by Crippen LogP contribution is 2.22. The van der Waals surface area contributed by atoms with Gasteiger partial charge in [0.25, 0.3) is 5.91 Å². The number of halogens is 2. The second-order valence-electron chi connectivity index (χ2n) is 4.32. The average molecular weight is 308 g/mol. The van der Waals surface area contributed by atoms with Gasteiger partial charge in [0.05, 0.1) is 16.3 Å². The Kier molecular flexibility index (Phi) is 4.23. The van der Waals surface area contributed by atoms with Crippen molar-refractivity contribution < 1.29 is 19.1 Å². The summed E-state index contributed by atoms with van der Waals surface area (Å²) in [5.41, 5.74) is 0.299. The minimum atomic E-state index is -1.15. The molecule has 6 heteroatoms. The number of aromatic carboxylic acids is 1. The molecule has 21 heavy (non-hydrogen) atoms. The molecule has 0 radical (unpaired) electrons. The summed E-state index contributed by atoms with van der Waals surface area (Å²) in [7, 11) is 1.43. The molecule has 2 rings (SSSR count). The molecule has 0 aromatic heterocycles. The number of nitrogens with zero attached hydrogens (tertiary/aromatic N) is 1. The maximum Gasteiger partial charge on any atom is 0.337 e. The van der Waals surface area contributed by atoms with Crippen molar-refractivity contribution in [3.8, 4) is 0 Å². The van der Waals surface area contributed by atoms with Crippen LogP contribution in [0, 0.1) is 5.82 Å². The van der Waals surface area contributed by atoms with E-state index in [0.29, 0.717) is 0 Å². The van der Waals surface area contributed by atoms with Crippen LogP contribution in [0.25, 0.3) is 0 Å². The molecule has 0 heterocycles. The van der Waals surface area contributed by atoms with Crippen LogP contribution in [0.1, 0.15) is 20.7 Å². The van der Waals surface area contributed by atoms with Gasteiger partial charge in [-0.15, -0.1) is 0 Å². The monoisotopic (exact) mass is 307 g/mol. The lowest BCUT2D eigenvalue weighted by atomic mass is 10.1. The van der Waals surface area contributed by atoms with Gasteiger partial charge in [-0.2, -0.15) is 0 Å². The summed E-state index contributed by atoms with van der Waals surface area (Å²) in [6.45, 7) is 0. The van der Waals surface area contributed by atoms with Crippen molar-refractivity contribution in [2.45, 2.75) is 0 Å². The predicted molar refractivity (Wildman–Crippen MR) is 77.5 cm³/mol. The quantitative estimate of drug-likeness (QED) is 0.945. The molecule has 0 fully saturated rings. The Balaban J connectivity index is 2.40. The molecule has 1 amide bonds. The number of anilines is 1. The van der Waals surface area contributed by atoms with Crippen LogP contribution in [0.3, 0.4) is 0 Å². The predicted octanol–water partition coefficient (Wildman–Crippen LogP) is 3.45. The number of rotatable bonds is 3. The highest BCUT2D eigenvalue weighted by Gasteiger charge is 2.19. The molecule has 0 saturated carbocycles. The maximum absolute atomic E-state index is 13.4. The van der Waals surface area contributed by atoms with Gasteiger partial charge in [-0.25, -0.2) is 9.18 Å². The molecule has 0 bridgehead atoms. The molecule has 0 atom stereocenters. The van der Waals surface area contributed by atoms with Crippen LogP contribution < -0.4 is 4.90 Å². The molecule has 0 aliphatic carbocycles. The zero-order chi connectivity index (χ0) is 15.6. The SMILES string of the molecule is CN(C(=O)c1ccc(Cl)c(F)c1)c1ccccc1C(=O)O. The minimum absolute atomic E-state index is 0.0113. The molecule has 0 aliphatic heterocycles. The van der Waals surface area contributed by atoms with E-state index in [4.69, 9.17) is 16.7 Å². The van der Waals surface area contributed by atoms with Gasteiger partial charge >= 0.3 is 5.97 Å². The Morgan fingerprint density at radius 1 is 1.19 bits per heavy atom. The van der Waals surface area contributed by atoms with Gasteiger partial charge in [0, 0.05) is 12.6 Å². The van der Waals surface area contributed by atoms with Crippen molar-refractivity contribution >= 4 is 29.2 Å². The number of para-hydroxylation sites is 1. The van der Waals surface area contributed by atoms with Gasteiger partial charge in [-0.05, 0) is 30.3 Å². The molecule has 0 unspecified atom stereocenters. The van der Waals surface area contributed by atoms with Crippen molar-refractivity contribution in [2.75, 3.05) is 11.9 Å². The molecule has 1 N–H and O–H groups in total. The highest BCUT2D eigenvalue weighted by atomic mass is 35.5. The summed E-state index contributed by atoms with van der Waals surface area (Å²) >= 11 is 5.57. The van der Waals surface area contributed by atoms with E-state index in [2.05, 4.69) is 0 Å². The second-order valence-corrected chi connectivity index (χ2v) is 4.72. The summed E-state index contributed by atoms with van der Waals surface area (Å²) in [4.78, 5) is 24.6. The van der Waals surface area contributed by atoms with E-state index in [0.717, 1.165) is 11.0 Å². The average Bonchev–Trinajstić information content (AvgIpc) is 2.48. The lowest BCUT2D eigenvalue weighted by Crippen LogP contribution is -2.28. The normalized spacial score (nSPS) is 10.2. The zero-order valence-corrected chi connectivity index (χ0v) is 11.8. The maximum atomic E-state index is 13.4. The third kappa shape index (κ3) is 3.03. The van der Waals surface area contributed by atoms with E-state index in [1.807, 2.05) is 0 Å². The third-order valence-electron chi connectivity index (χ3n) is 2.97. The van der Waals surface area contributed by atoms with Crippen LogP contribution in [0.4, 0.5) is 10.1 Å². The van der Waals surface area contributed by atoms with Gasteiger partial charge < -0.3 is 10.0 Å². The fourth-order valence-corrected chi connectivity index (χ4v) is 2.00. The van der Waals surface area contributed by atoms with Gasteiger partial charge in [0.1, 0.15) is 5.82 Å². The first kappa shape index (κ1) is 15.0. The van der Waals surface area contributed by atoms with E-state index >= 15 is 0 Å². The number of hydrogen-bond donors (Lipinski definition) is 1. The first-order valence-electron chi connectivity index (χ1n) is 5.97. The molecule has 108 valence electrons. The number of benzene rings is 2. The molecule has 2 aromatic carbocycles. The Bertz CT molecular complexity index is 718. The van der Waals surface area contributed by atoms with Crippen molar-refractivity contribution in [3.05, 3.63) is 64.4 Å². The summed E-state index contributed by atoms with van der Waals surface area (Å²) in [6, 6.07) is 9.76. The van der Waals surface area contributed by atoms with Crippen molar-refractivity contribution in [1.82, 2.24) is 0 Å². The fourth-order valence-electron chi connectivity index (χ4n) is 1.88. The van der Waals surface area contributed by atoms with Gasteiger partial charge in [-0.1, -0.05) is 23.7 Å². The van der Waals surface area contributed by atoms with Gasteiger partial charge in [0.15, 0.2) is 0 Å². The van der Waals surface area contributed by atoms with Crippen LogP contribution in [0.15, 0.2) is 42.5 Å². The number of carboxylic acids is 1. The molecule has 2 aromatic rings. The van der Waals surface area contributed by atoms with Crippen molar-refractivity contribution in [3.63, 3.8) is 0 Å². The minimum Gasteiger partial charge on any atom is -0.478 e. The van der Waals surface area contributed by atoms with E-state index < -0.39 is 17.7 Å². The standard InChI is InChI=1S/C15H11ClFNO3/c1-18(13-5-3-2-4-10(13)15(20)21)14(19)9-6-7-11(16)12(17)8-9/h2-8H,1H3,(H,20,21). The van der Waals surface area contributed by atoms with Crippen LogP contribution in [-0.4, -0.2) is 24.0 Å². The number of carbonyl (C=O) groups is 2. The summed E-state index contributed by atoms with van der Waals surface area (Å²) in [5.74, 6) is -2.38. The number of carboxylic acid groups (broad SMARTS) is 1. The fraction of sp³-hybridized carbons (Fsp3) is 0.0667. The first-order chi connectivity index (χ1) is 9.91. The van der Waals surface area contributed by atoms with Crippen LogP contribution in [0.5, 0.6) is 0 Å². The molecule has 0 saturated heterocycles. The van der Waals surface area contributed by atoms with Crippen LogP contribution in [-0.2, 0) is 0 Å². The molecule has 0 aliphatic rings. The number of hydrogen-bond acceptors (Lipinski definition) is 2. The molecular formula is C15H11ClFNO3. The van der Waals surface area contributed by atoms with Gasteiger partial charge in [0.2, 0.25) is 0 Å². The summed E-state index contributed by atoms with van der Waals surface area (Å²) in [6.07, 6.45) is 0. The van der Waals surface area contributed by atoms with Crippen LogP contribution >= 0.6 is 11.6 Å². The van der Waals surface area contributed by atoms with Crippen molar-refractivity contribution in [2.24, 2.45) is 0 Å². The third-order valence-corrected chi connectivity index (χ3v) is 3.27. The van der Waals surface area contributed by atoms with Crippen molar-refractivity contribution in [1.29, 1.82) is 0 Å². The second kappa shape index (κ2) is 5.93. The smallest absolute Gasteiger partial charge is 0.337 e. The molecule has 0 spiro atoms. The number of amides is 1. The Labute approximate surface area is 125 Å². The first-order valence-corrected chi connectivity index (χ1v) is 6.35. The molecular weight excluding hydrogens is 297 g/mol. The van der Waals surface area contributed by atoms with Crippen LogP contribution in [0.2, 0.25) is 5.02 Å². The lowest BCUT2D eigenvalue weighted by Gasteiger charge is -2.19. The summed E-state index contributed by atoms with van der Waals surface area (Å²) < 4.78 is 13.4. The van der Waals surface area contributed by atoms with E-state index in [-0.39, 0.29) is 21.8 Å². The Morgan fingerprint density at radius 3 is 2.48 bits per heavy atom. The highest BCUT2D eigenvalue weighted by molar-refractivity contribution is 6.30. The topological polar surface area (TPSA) is 57.6 Å².